The van der Waals surface area contributed by atoms with Gasteiger partial charge in [0.05, 0.1) is 18.3 Å². The fraction of sp³-hybridized carbons (Fsp3) is 0.312. The number of ether oxygens (including phenoxy) is 1. The van der Waals surface area contributed by atoms with Gasteiger partial charge in [0, 0.05) is 5.69 Å². The smallest absolute Gasteiger partial charge is 0.468 e. The van der Waals surface area contributed by atoms with Crippen molar-refractivity contribution >= 4 is 11.6 Å². The SMILES string of the molecule is C[C@H](N[C@@H](C)c1ccco1)C(=O)Nc1ccc(OC(F)(F)F)cc1. The summed E-state index contributed by atoms with van der Waals surface area (Å²) in [6, 6.07) is 7.78. The van der Waals surface area contributed by atoms with Crippen LogP contribution in [0.5, 0.6) is 5.75 Å². The van der Waals surface area contributed by atoms with Crippen LogP contribution in [0.25, 0.3) is 0 Å². The Morgan fingerprint density at radius 3 is 2.38 bits per heavy atom. The number of hydrogen-bond acceptors (Lipinski definition) is 4. The molecule has 8 heteroatoms. The van der Waals surface area contributed by atoms with E-state index in [-0.39, 0.29) is 17.7 Å². The van der Waals surface area contributed by atoms with E-state index in [9.17, 15) is 18.0 Å². The molecule has 5 nitrogen and oxygen atoms in total. The number of alkyl halides is 3. The molecule has 0 aliphatic heterocycles. The fourth-order valence-electron chi connectivity index (χ4n) is 2.06. The van der Waals surface area contributed by atoms with E-state index in [1.807, 2.05) is 6.92 Å². The minimum Gasteiger partial charge on any atom is -0.468 e. The molecule has 2 atom stereocenters. The summed E-state index contributed by atoms with van der Waals surface area (Å²) in [5.74, 6) is 0.0271. The van der Waals surface area contributed by atoms with Crippen molar-refractivity contribution in [2.24, 2.45) is 0 Å². The highest BCUT2D eigenvalue weighted by atomic mass is 19.4. The van der Waals surface area contributed by atoms with Gasteiger partial charge in [-0.1, -0.05) is 0 Å². The van der Waals surface area contributed by atoms with Gasteiger partial charge in [0.2, 0.25) is 5.91 Å². The van der Waals surface area contributed by atoms with Gasteiger partial charge in [-0.15, -0.1) is 13.2 Å². The zero-order valence-corrected chi connectivity index (χ0v) is 13.1. The lowest BCUT2D eigenvalue weighted by Gasteiger charge is -2.18. The number of hydrogen-bond donors (Lipinski definition) is 2. The molecule has 1 heterocycles. The van der Waals surface area contributed by atoms with Crippen molar-refractivity contribution in [3.63, 3.8) is 0 Å². The molecular weight excluding hydrogens is 325 g/mol. The van der Waals surface area contributed by atoms with Crippen LogP contribution in [0.1, 0.15) is 25.6 Å². The average molecular weight is 342 g/mol. The normalized spacial score (nSPS) is 14.0. The zero-order valence-electron chi connectivity index (χ0n) is 13.1. The van der Waals surface area contributed by atoms with Crippen LogP contribution in [-0.4, -0.2) is 18.3 Å². The molecule has 0 fully saturated rings. The van der Waals surface area contributed by atoms with E-state index in [0.29, 0.717) is 11.4 Å². The lowest BCUT2D eigenvalue weighted by atomic mass is 10.2. The Balaban J connectivity index is 1.89. The predicted octanol–water partition coefficient (Wildman–Crippen LogP) is 3.86. The Morgan fingerprint density at radius 2 is 1.83 bits per heavy atom. The predicted molar refractivity (Wildman–Crippen MR) is 81.5 cm³/mol. The van der Waals surface area contributed by atoms with Crippen LogP contribution in [0.2, 0.25) is 0 Å². The summed E-state index contributed by atoms with van der Waals surface area (Å²) in [7, 11) is 0. The van der Waals surface area contributed by atoms with Crippen molar-refractivity contribution in [3.05, 3.63) is 48.4 Å². The van der Waals surface area contributed by atoms with Gasteiger partial charge in [0.25, 0.3) is 0 Å². The number of furan rings is 1. The van der Waals surface area contributed by atoms with Crippen molar-refractivity contribution in [2.75, 3.05) is 5.32 Å². The second kappa shape index (κ2) is 7.39. The maximum Gasteiger partial charge on any atom is 0.573 e. The van der Waals surface area contributed by atoms with Gasteiger partial charge in [-0.3, -0.25) is 10.1 Å². The van der Waals surface area contributed by atoms with Gasteiger partial charge in [-0.05, 0) is 50.2 Å². The molecule has 0 unspecified atom stereocenters. The Kier molecular flexibility index (Phi) is 5.50. The van der Waals surface area contributed by atoms with E-state index in [2.05, 4.69) is 15.4 Å². The van der Waals surface area contributed by atoms with Crippen LogP contribution in [0, 0.1) is 0 Å². The quantitative estimate of drug-likeness (QED) is 0.837. The first-order valence-corrected chi connectivity index (χ1v) is 7.21. The van der Waals surface area contributed by atoms with Crippen LogP contribution in [0.15, 0.2) is 47.1 Å². The molecule has 0 spiro atoms. The molecule has 1 aromatic heterocycles. The molecule has 1 amide bonds. The molecule has 2 rings (SSSR count). The maximum atomic E-state index is 12.1. The van der Waals surface area contributed by atoms with Gasteiger partial charge in [0.15, 0.2) is 0 Å². The molecule has 0 bridgehead atoms. The van der Waals surface area contributed by atoms with Crippen molar-refractivity contribution in [1.82, 2.24) is 5.32 Å². The van der Waals surface area contributed by atoms with E-state index in [0.717, 1.165) is 12.1 Å². The lowest BCUT2D eigenvalue weighted by molar-refractivity contribution is -0.274. The summed E-state index contributed by atoms with van der Waals surface area (Å²) in [6.07, 6.45) is -3.20. The summed E-state index contributed by atoms with van der Waals surface area (Å²) >= 11 is 0. The third kappa shape index (κ3) is 5.31. The summed E-state index contributed by atoms with van der Waals surface area (Å²) in [5.41, 5.74) is 0.369. The number of amides is 1. The summed E-state index contributed by atoms with van der Waals surface area (Å²) in [6.45, 7) is 3.53. The van der Waals surface area contributed by atoms with Crippen molar-refractivity contribution < 1.29 is 27.1 Å². The third-order valence-electron chi connectivity index (χ3n) is 3.22. The number of carbonyl (C=O) groups excluding carboxylic acids is 1. The molecule has 130 valence electrons. The molecule has 0 radical (unpaired) electrons. The molecule has 2 aromatic rings. The van der Waals surface area contributed by atoms with Gasteiger partial charge in [-0.25, -0.2) is 0 Å². The van der Waals surface area contributed by atoms with Crippen LogP contribution in [0.3, 0.4) is 0 Å². The fourth-order valence-corrected chi connectivity index (χ4v) is 2.06. The minimum absolute atomic E-state index is 0.164. The van der Waals surface area contributed by atoms with Crippen molar-refractivity contribution in [1.29, 1.82) is 0 Å². The van der Waals surface area contributed by atoms with Gasteiger partial charge < -0.3 is 14.5 Å². The summed E-state index contributed by atoms with van der Waals surface area (Å²) in [5, 5.41) is 5.68. The first-order chi connectivity index (χ1) is 11.2. The molecule has 0 aliphatic carbocycles. The Bertz CT molecular complexity index is 654. The molecule has 24 heavy (non-hydrogen) atoms. The molecule has 1 aromatic carbocycles. The number of halogens is 3. The van der Waals surface area contributed by atoms with E-state index in [1.165, 1.54) is 12.1 Å². The minimum atomic E-state index is -4.74. The van der Waals surface area contributed by atoms with Crippen molar-refractivity contribution in [2.45, 2.75) is 32.3 Å². The van der Waals surface area contributed by atoms with Crippen molar-refractivity contribution in [3.8, 4) is 5.75 Å². The number of nitrogens with one attached hydrogen (secondary N) is 2. The van der Waals surface area contributed by atoms with Crippen LogP contribution in [-0.2, 0) is 4.79 Å². The number of rotatable bonds is 6. The third-order valence-corrected chi connectivity index (χ3v) is 3.22. The number of carbonyl (C=O) groups is 1. The van der Waals surface area contributed by atoms with E-state index >= 15 is 0 Å². The second-order valence-electron chi connectivity index (χ2n) is 5.19. The molecule has 2 N–H and O–H groups in total. The first kappa shape index (κ1) is 17.9. The average Bonchev–Trinajstić information content (AvgIpc) is 3.02. The molecule has 0 saturated heterocycles. The second-order valence-corrected chi connectivity index (χ2v) is 5.19. The van der Waals surface area contributed by atoms with Gasteiger partial charge >= 0.3 is 6.36 Å². The van der Waals surface area contributed by atoms with Gasteiger partial charge in [0.1, 0.15) is 11.5 Å². The highest BCUT2D eigenvalue weighted by Gasteiger charge is 2.31. The van der Waals surface area contributed by atoms with Gasteiger partial charge in [-0.2, -0.15) is 0 Å². The summed E-state index contributed by atoms with van der Waals surface area (Å²) < 4.78 is 45.3. The summed E-state index contributed by atoms with van der Waals surface area (Å²) in [4.78, 5) is 12.1. The number of anilines is 1. The van der Waals surface area contributed by atoms with Crippen LogP contribution >= 0.6 is 0 Å². The Labute approximate surface area is 136 Å². The van der Waals surface area contributed by atoms with Crippen LogP contribution < -0.4 is 15.4 Å². The van der Waals surface area contributed by atoms with E-state index in [1.54, 1.807) is 25.3 Å². The highest BCUT2D eigenvalue weighted by Crippen LogP contribution is 2.24. The molecular formula is C16H17F3N2O3. The highest BCUT2D eigenvalue weighted by molar-refractivity contribution is 5.94. The maximum absolute atomic E-state index is 12.1. The first-order valence-electron chi connectivity index (χ1n) is 7.21. The molecule has 0 aliphatic rings. The Hall–Kier alpha value is -2.48. The monoisotopic (exact) mass is 342 g/mol. The Morgan fingerprint density at radius 1 is 1.17 bits per heavy atom. The number of benzene rings is 1. The standard InChI is InChI=1S/C16H17F3N2O3/c1-10(14-4-3-9-23-14)20-11(2)15(22)21-12-5-7-13(8-6-12)24-16(17,18)19/h3-11,20H,1-2H3,(H,21,22)/t10-,11-/m0/s1. The topological polar surface area (TPSA) is 63.5 Å². The lowest BCUT2D eigenvalue weighted by Crippen LogP contribution is -2.39. The largest absolute Gasteiger partial charge is 0.573 e. The zero-order chi connectivity index (χ0) is 17.7. The van der Waals surface area contributed by atoms with E-state index < -0.39 is 12.4 Å². The van der Waals surface area contributed by atoms with E-state index in [4.69, 9.17) is 4.42 Å². The molecule has 0 saturated carbocycles. The van der Waals surface area contributed by atoms with Crippen LogP contribution in [0.4, 0.5) is 18.9 Å².